The summed E-state index contributed by atoms with van der Waals surface area (Å²) in [5.41, 5.74) is 0. The third kappa shape index (κ3) is 4.21. The van der Waals surface area contributed by atoms with Crippen LogP contribution in [-0.2, 0) is 9.09 Å². The number of nitriles is 1. The fourth-order valence-electron chi connectivity index (χ4n) is 0.874. The average Bonchev–Trinajstić information content (AvgIpc) is 2.20. The van der Waals surface area contributed by atoms with Crippen LogP contribution in [0.1, 0.15) is 6.92 Å². The van der Waals surface area contributed by atoms with Crippen molar-refractivity contribution < 1.29 is 18.5 Å². The van der Waals surface area contributed by atoms with E-state index in [-0.39, 0.29) is 5.75 Å². The normalized spacial score (nSPS) is 15.9. The Kier molecular flexibility index (Phi) is 4.34. The number of nitrogens with zero attached hydrogens (tertiary/aromatic N) is 1. The summed E-state index contributed by atoms with van der Waals surface area (Å²) in [6, 6.07) is 7.51. The molecule has 0 aliphatic heterocycles. The molecule has 0 saturated carbocycles. The molecule has 0 bridgehead atoms. The predicted molar refractivity (Wildman–Crippen MR) is 58.1 cm³/mol. The predicted octanol–water partition coefficient (Wildman–Crippen LogP) is 2.75. The van der Waals surface area contributed by atoms with Crippen LogP contribution >= 0.6 is 19.4 Å². The van der Waals surface area contributed by atoms with Gasteiger partial charge in [0.05, 0.1) is 6.07 Å². The number of phosphoric acid groups is 1. The van der Waals surface area contributed by atoms with E-state index in [1.807, 2.05) is 0 Å². The molecule has 0 radical (unpaired) electrons. The van der Waals surface area contributed by atoms with Crippen LogP contribution in [0.25, 0.3) is 0 Å². The molecule has 16 heavy (non-hydrogen) atoms. The molecule has 0 heterocycles. The van der Waals surface area contributed by atoms with Gasteiger partial charge < -0.3 is 4.52 Å². The standard InChI is InChI=1S/C9H9ClNO4P/c1-7(6-11)14-16(12,13)15-9-4-2-8(10)3-5-9/h2-5,7H,1H3,(H,12,13). The van der Waals surface area contributed by atoms with Gasteiger partial charge in [0, 0.05) is 5.02 Å². The molecule has 2 atom stereocenters. The minimum Gasteiger partial charge on any atom is -0.404 e. The number of benzene rings is 1. The Morgan fingerprint density at radius 2 is 2.06 bits per heavy atom. The first-order chi connectivity index (χ1) is 7.43. The molecule has 0 aliphatic rings. The SMILES string of the molecule is CC(C#N)OP(=O)(O)Oc1ccc(Cl)cc1. The summed E-state index contributed by atoms with van der Waals surface area (Å²) in [4.78, 5) is 9.27. The molecule has 0 amide bonds. The van der Waals surface area contributed by atoms with Crippen LogP contribution in [0.5, 0.6) is 5.75 Å². The van der Waals surface area contributed by atoms with Gasteiger partial charge in [-0.2, -0.15) is 5.26 Å². The average molecular weight is 262 g/mol. The van der Waals surface area contributed by atoms with Crippen molar-refractivity contribution in [2.45, 2.75) is 13.0 Å². The number of hydrogen-bond donors (Lipinski definition) is 1. The Balaban J connectivity index is 2.70. The van der Waals surface area contributed by atoms with E-state index in [0.29, 0.717) is 5.02 Å². The molecule has 1 rings (SSSR count). The van der Waals surface area contributed by atoms with Crippen LogP contribution in [0.15, 0.2) is 24.3 Å². The summed E-state index contributed by atoms with van der Waals surface area (Å²) in [6.45, 7) is 1.34. The highest BCUT2D eigenvalue weighted by molar-refractivity contribution is 7.47. The van der Waals surface area contributed by atoms with Crippen molar-refractivity contribution in [1.82, 2.24) is 0 Å². The smallest absolute Gasteiger partial charge is 0.404 e. The summed E-state index contributed by atoms with van der Waals surface area (Å²) in [7, 11) is -4.27. The quantitative estimate of drug-likeness (QED) is 0.843. The zero-order valence-electron chi connectivity index (χ0n) is 8.33. The summed E-state index contributed by atoms with van der Waals surface area (Å²) in [5.74, 6) is 0.139. The molecule has 0 saturated heterocycles. The minimum absolute atomic E-state index is 0.139. The fourth-order valence-corrected chi connectivity index (χ4v) is 1.88. The van der Waals surface area contributed by atoms with Gasteiger partial charge in [0.15, 0.2) is 6.10 Å². The maximum Gasteiger partial charge on any atom is 0.528 e. The third-order valence-corrected chi connectivity index (χ3v) is 2.78. The van der Waals surface area contributed by atoms with E-state index >= 15 is 0 Å². The summed E-state index contributed by atoms with van der Waals surface area (Å²) < 4.78 is 20.6. The first-order valence-corrected chi connectivity index (χ1v) is 6.16. The van der Waals surface area contributed by atoms with Gasteiger partial charge in [0.2, 0.25) is 0 Å². The topological polar surface area (TPSA) is 79.5 Å². The zero-order valence-corrected chi connectivity index (χ0v) is 9.98. The lowest BCUT2D eigenvalue weighted by atomic mass is 10.3. The molecule has 0 aromatic heterocycles. The molecule has 2 unspecified atom stereocenters. The molecular formula is C9H9ClNO4P. The molecule has 1 aromatic rings. The van der Waals surface area contributed by atoms with E-state index in [2.05, 4.69) is 4.52 Å². The van der Waals surface area contributed by atoms with Gasteiger partial charge in [-0.25, -0.2) is 4.57 Å². The molecule has 1 aromatic carbocycles. The molecule has 1 N–H and O–H groups in total. The van der Waals surface area contributed by atoms with Gasteiger partial charge in [-0.1, -0.05) is 11.6 Å². The maximum absolute atomic E-state index is 11.4. The minimum atomic E-state index is -4.27. The third-order valence-electron chi connectivity index (χ3n) is 1.51. The summed E-state index contributed by atoms with van der Waals surface area (Å²) >= 11 is 5.63. The maximum atomic E-state index is 11.4. The van der Waals surface area contributed by atoms with Gasteiger partial charge >= 0.3 is 7.82 Å². The lowest BCUT2D eigenvalue weighted by molar-refractivity contribution is 0.181. The van der Waals surface area contributed by atoms with Crippen molar-refractivity contribution in [3.05, 3.63) is 29.3 Å². The van der Waals surface area contributed by atoms with Crippen LogP contribution in [0.3, 0.4) is 0 Å². The van der Waals surface area contributed by atoms with Crippen LogP contribution in [0, 0.1) is 11.3 Å². The number of rotatable bonds is 4. The van der Waals surface area contributed by atoms with E-state index < -0.39 is 13.9 Å². The van der Waals surface area contributed by atoms with E-state index in [4.69, 9.17) is 21.4 Å². The largest absolute Gasteiger partial charge is 0.528 e. The van der Waals surface area contributed by atoms with E-state index in [1.54, 1.807) is 6.07 Å². The van der Waals surface area contributed by atoms with Crippen molar-refractivity contribution in [1.29, 1.82) is 5.26 Å². The second-order valence-electron chi connectivity index (χ2n) is 2.89. The second kappa shape index (κ2) is 5.33. The molecule has 0 fully saturated rings. The molecule has 7 heteroatoms. The lowest BCUT2D eigenvalue weighted by Crippen LogP contribution is -2.06. The Morgan fingerprint density at radius 3 is 2.56 bits per heavy atom. The van der Waals surface area contributed by atoms with Crippen molar-refractivity contribution in [2.24, 2.45) is 0 Å². The Morgan fingerprint density at radius 1 is 1.50 bits per heavy atom. The second-order valence-corrected chi connectivity index (χ2v) is 4.66. The van der Waals surface area contributed by atoms with E-state index in [0.717, 1.165) is 0 Å². The molecule has 0 spiro atoms. The number of phosphoric ester groups is 1. The van der Waals surface area contributed by atoms with E-state index in [9.17, 15) is 9.46 Å². The highest BCUT2D eigenvalue weighted by Gasteiger charge is 2.26. The van der Waals surface area contributed by atoms with Crippen LogP contribution < -0.4 is 4.52 Å². The molecule has 86 valence electrons. The van der Waals surface area contributed by atoms with E-state index in [1.165, 1.54) is 31.2 Å². The first-order valence-electron chi connectivity index (χ1n) is 4.29. The van der Waals surface area contributed by atoms with Crippen LogP contribution in [0.4, 0.5) is 0 Å². The van der Waals surface area contributed by atoms with Crippen molar-refractivity contribution in [3.8, 4) is 11.8 Å². The van der Waals surface area contributed by atoms with Crippen LogP contribution in [0.2, 0.25) is 5.02 Å². The first kappa shape index (κ1) is 13.0. The zero-order chi connectivity index (χ0) is 12.2. The van der Waals surface area contributed by atoms with Gasteiger partial charge in [0.1, 0.15) is 5.75 Å². The molecule has 5 nitrogen and oxygen atoms in total. The van der Waals surface area contributed by atoms with Crippen molar-refractivity contribution in [2.75, 3.05) is 0 Å². The van der Waals surface area contributed by atoms with Crippen LogP contribution in [-0.4, -0.2) is 11.0 Å². The van der Waals surface area contributed by atoms with Crippen molar-refractivity contribution >= 4 is 19.4 Å². The highest BCUT2D eigenvalue weighted by Crippen LogP contribution is 2.44. The van der Waals surface area contributed by atoms with Gasteiger partial charge in [-0.15, -0.1) is 0 Å². The summed E-state index contributed by atoms with van der Waals surface area (Å²) in [5, 5.41) is 8.90. The Labute approximate surface area is 97.8 Å². The Hall–Kier alpha value is -1.05. The molecule has 0 aliphatic carbocycles. The highest BCUT2D eigenvalue weighted by atomic mass is 35.5. The fraction of sp³-hybridized carbons (Fsp3) is 0.222. The lowest BCUT2D eigenvalue weighted by Gasteiger charge is -2.13. The number of halogens is 1. The summed E-state index contributed by atoms with van der Waals surface area (Å²) in [6.07, 6.45) is -1.02. The number of hydrogen-bond acceptors (Lipinski definition) is 4. The van der Waals surface area contributed by atoms with Gasteiger partial charge in [-0.05, 0) is 31.2 Å². The Bertz CT molecular complexity index is 442. The van der Waals surface area contributed by atoms with Gasteiger partial charge in [-0.3, -0.25) is 9.42 Å². The molecular weight excluding hydrogens is 253 g/mol. The monoisotopic (exact) mass is 261 g/mol. The van der Waals surface area contributed by atoms with Crippen molar-refractivity contribution in [3.63, 3.8) is 0 Å². The van der Waals surface area contributed by atoms with Gasteiger partial charge in [0.25, 0.3) is 0 Å².